The lowest BCUT2D eigenvalue weighted by Gasteiger charge is -2.20. The summed E-state index contributed by atoms with van der Waals surface area (Å²) in [5, 5.41) is 2.58. The zero-order valence-electron chi connectivity index (χ0n) is 9.03. The van der Waals surface area contributed by atoms with Crippen LogP contribution in [0.3, 0.4) is 0 Å². The van der Waals surface area contributed by atoms with E-state index in [1.807, 2.05) is 0 Å². The number of hydrogen-bond acceptors (Lipinski definition) is 3. The van der Waals surface area contributed by atoms with Crippen molar-refractivity contribution >= 4 is 5.91 Å². The van der Waals surface area contributed by atoms with E-state index in [4.69, 9.17) is 16.9 Å². The molecule has 4 nitrogen and oxygen atoms in total. The monoisotopic (exact) mass is 210 g/mol. The maximum atomic E-state index is 11.4. The van der Waals surface area contributed by atoms with E-state index in [1.165, 1.54) is 0 Å². The Labute approximate surface area is 90.5 Å². The molecule has 1 amide bonds. The van der Waals surface area contributed by atoms with Crippen molar-refractivity contribution < 1.29 is 9.53 Å². The van der Waals surface area contributed by atoms with Gasteiger partial charge in [0.25, 0.3) is 0 Å². The fraction of sp³-hybridized carbons (Fsp3) is 0.727. The van der Waals surface area contributed by atoms with Crippen LogP contribution in [0.2, 0.25) is 0 Å². The van der Waals surface area contributed by atoms with Gasteiger partial charge in [0, 0.05) is 6.04 Å². The Kier molecular flexibility index (Phi) is 4.60. The van der Waals surface area contributed by atoms with Gasteiger partial charge in [-0.2, -0.15) is 0 Å². The summed E-state index contributed by atoms with van der Waals surface area (Å²) >= 11 is 0. The molecule has 1 aliphatic carbocycles. The Morgan fingerprint density at radius 3 is 3.00 bits per heavy atom. The number of terminal acetylenes is 1. The molecule has 0 aromatic rings. The molecule has 3 N–H and O–H groups in total. The topological polar surface area (TPSA) is 64.3 Å². The first-order valence-corrected chi connectivity index (χ1v) is 5.27. The molecule has 1 saturated carbocycles. The summed E-state index contributed by atoms with van der Waals surface area (Å²) in [4.78, 5) is 11.4. The second kappa shape index (κ2) is 5.74. The van der Waals surface area contributed by atoms with Gasteiger partial charge in [-0.05, 0) is 26.2 Å². The van der Waals surface area contributed by atoms with Gasteiger partial charge in [-0.1, -0.05) is 5.92 Å². The van der Waals surface area contributed by atoms with E-state index in [0.29, 0.717) is 0 Å². The van der Waals surface area contributed by atoms with Gasteiger partial charge >= 0.3 is 0 Å². The minimum atomic E-state index is -0.479. The van der Waals surface area contributed by atoms with Crippen LogP contribution in [0.15, 0.2) is 0 Å². The van der Waals surface area contributed by atoms with Crippen LogP contribution >= 0.6 is 0 Å². The minimum Gasteiger partial charge on any atom is -0.364 e. The molecule has 0 aromatic carbocycles. The first-order valence-electron chi connectivity index (χ1n) is 5.27. The highest BCUT2D eigenvalue weighted by molar-refractivity contribution is 5.80. The largest absolute Gasteiger partial charge is 0.364 e. The molecular formula is C11H18N2O2. The average Bonchev–Trinajstić information content (AvgIpc) is 2.61. The number of ether oxygens (including phenoxy) is 1. The van der Waals surface area contributed by atoms with Crippen molar-refractivity contribution in [2.45, 2.75) is 44.4 Å². The highest BCUT2D eigenvalue weighted by Gasteiger charge is 2.28. The van der Waals surface area contributed by atoms with Gasteiger partial charge in [0.2, 0.25) is 5.91 Å². The number of nitrogens with two attached hydrogens (primary N) is 1. The highest BCUT2D eigenvalue weighted by atomic mass is 16.5. The van der Waals surface area contributed by atoms with E-state index in [-0.39, 0.29) is 24.6 Å². The van der Waals surface area contributed by atoms with E-state index in [9.17, 15) is 4.79 Å². The van der Waals surface area contributed by atoms with Crippen molar-refractivity contribution in [2.24, 2.45) is 5.73 Å². The van der Waals surface area contributed by atoms with Gasteiger partial charge < -0.3 is 15.8 Å². The molecule has 3 atom stereocenters. The van der Waals surface area contributed by atoms with Crippen molar-refractivity contribution in [3.8, 4) is 12.3 Å². The minimum absolute atomic E-state index is 0.0107. The molecular weight excluding hydrogens is 192 g/mol. The Morgan fingerprint density at radius 1 is 1.73 bits per heavy atom. The standard InChI is InChI=1S/C11H18N2O2/c1-3-7-13-11(14)8(2)15-10-6-4-5-9(10)12/h1,8-10H,4-7,12H2,2H3,(H,13,14). The van der Waals surface area contributed by atoms with Crippen LogP contribution < -0.4 is 11.1 Å². The van der Waals surface area contributed by atoms with E-state index < -0.39 is 6.10 Å². The van der Waals surface area contributed by atoms with E-state index in [1.54, 1.807) is 6.92 Å². The van der Waals surface area contributed by atoms with Gasteiger partial charge in [0.1, 0.15) is 6.10 Å². The molecule has 0 saturated heterocycles. The van der Waals surface area contributed by atoms with Gasteiger partial charge in [0.15, 0.2) is 0 Å². The summed E-state index contributed by atoms with van der Waals surface area (Å²) in [5.41, 5.74) is 5.84. The van der Waals surface area contributed by atoms with Crippen molar-refractivity contribution in [2.75, 3.05) is 6.54 Å². The fourth-order valence-electron chi connectivity index (χ4n) is 1.73. The summed E-state index contributed by atoms with van der Waals surface area (Å²) < 4.78 is 5.58. The number of nitrogens with one attached hydrogen (secondary N) is 1. The quantitative estimate of drug-likeness (QED) is 0.643. The molecule has 0 bridgehead atoms. The van der Waals surface area contributed by atoms with Gasteiger partial charge in [0.05, 0.1) is 12.6 Å². The summed E-state index contributed by atoms with van der Waals surface area (Å²) in [5.74, 6) is 2.17. The third-order valence-electron chi connectivity index (χ3n) is 2.62. The maximum absolute atomic E-state index is 11.4. The van der Waals surface area contributed by atoms with Crippen LogP contribution in [0.5, 0.6) is 0 Å². The second-order valence-corrected chi connectivity index (χ2v) is 3.83. The molecule has 1 rings (SSSR count). The van der Waals surface area contributed by atoms with Gasteiger partial charge in [-0.15, -0.1) is 6.42 Å². The molecule has 0 spiro atoms. The molecule has 4 heteroatoms. The molecule has 84 valence electrons. The van der Waals surface area contributed by atoms with Crippen molar-refractivity contribution in [1.29, 1.82) is 0 Å². The zero-order valence-corrected chi connectivity index (χ0v) is 9.03. The second-order valence-electron chi connectivity index (χ2n) is 3.83. The molecule has 15 heavy (non-hydrogen) atoms. The number of amides is 1. The fourth-order valence-corrected chi connectivity index (χ4v) is 1.73. The smallest absolute Gasteiger partial charge is 0.249 e. The summed E-state index contributed by atoms with van der Waals surface area (Å²) in [6.07, 6.45) is 7.56. The molecule has 0 heterocycles. The molecule has 0 aliphatic heterocycles. The lowest BCUT2D eigenvalue weighted by Crippen LogP contribution is -2.40. The van der Waals surface area contributed by atoms with E-state index >= 15 is 0 Å². The third-order valence-corrected chi connectivity index (χ3v) is 2.62. The maximum Gasteiger partial charge on any atom is 0.249 e. The summed E-state index contributed by atoms with van der Waals surface area (Å²) in [6, 6.07) is 0.0629. The zero-order chi connectivity index (χ0) is 11.3. The molecule has 0 radical (unpaired) electrons. The van der Waals surface area contributed by atoms with Gasteiger partial charge in [-0.3, -0.25) is 4.79 Å². The normalized spacial score (nSPS) is 27.0. The first-order chi connectivity index (χ1) is 7.15. The van der Waals surface area contributed by atoms with Crippen LogP contribution in [0, 0.1) is 12.3 Å². The number of carbonyl (C=O) groups excluding carboxylic acids is 1. The Morgan fingerprint density at radius 2 is 2.47 bits per heavy atom. The van der Waals surface area contributed by atoms with Crippen LogP contribution in [-0.4, -0.2) is 30.7 Å². The van der Waals surface area contributed by atoms with Crippen LogP contribution in [-0.2, 0) is 9.53 Å². The van der Waals surface area contributed by atoms with E-state index in [0.717, 1.165) is 19.3 Å². The van der Waals surface area contributed by atoms with Crippen LogP contribution in [0.4, 0.5) is 0 Å². The van der Waals surface area contributed by atoms with Crippen molar-refractivity contribution in [3.05, 3.63) is 0 Å². The SMILES string of the molecule is C#CCNC(=O)C(C)OC1CCCC1N. The van der Waals surface area contributed by atoms with E-state index in [2.05, 4.69) is 11.2 Å². The molecule has 1 fully saturated rings. The third kappa shape index (κ3) is 3.54. The lowest BCUT2D eigenvalue weighted by atomic mass is 10.2. The Balaban J connectivity index is 2.31. The number of carbonyl (C=O) groups is 1. The van der Waals surface area contributed by atoms with Gasteiger partial charge in [-0.25, -0.2) is 0 Å². The van der Waals surface area contributed by atoms with Crippen molar-refractivity contribution in [3.63, 3.8) is 0 Å². The number of rotatable bonds is 4. The molecule has 1 aliphatic rings. The molecule has 3 unspecified atom stereocenters. The molecule has 0 aromatic heterocycles. The first kappa shape index (κ1) is 12.0. The Hall–Kier alpha value is -1.05. The van der Waals surface area contributed by atoms with Crippen LogP contribution in [0.25, 0.3) is 0 Å². The predicted molar refractivity (Wildman–Crippen MR) is 58.0 cm³/mol. The summed E-state index contributed by atoms with van der Waals surface area (Å²) in [6.45, 7) is 1.96. The lowest BCUT2D eigenvalue weighted by molar-refractivity contribution is -0.135. The van der Waals surface area contributed by atoms with Crippen LogP contribution in [0.1, 0.15) is 26.2 Å². The van der Waals surface area contributed by atoms with Crippen molar-refractivity contribution in [1.82, 2.24) is 5.32 Å². The Bertz CT molecular complexity index is 260. The average molecular weight is 210 g/mol. The highest BCUT2D eigenvalue weighted by Crippen LogP contribution is 2.21. The summed E-state index contributed by atoms with van der Waals surface area (Å²) in [7, 11) is 0. The number of hydrogen-bond donors (Lipinski definition) is 2. The predicted octanol–water partition coefficient (Wildman–Crippen LogP) is 0.0207.